The molecule has 4 rings (SSSR count). The van der Waals surface area contributed by atoms with Gasteiger partial charge in [0.15, 0.2) is 0 Å². The lowest BCUT2D eigenvalue weighted by atomic mass is 9.73. The molecule has 150 valence electrons. The van der Waals surface area contributed by atoms with E-state index in [-0.39, 0.29) is 11.3 Å². The minimum absolute atomic E-state index is 0.221. The molecule has 0 aliphatic carbocycles. The van der Waals surface area contributed by atoms with Crippen molar-refractivity contribution < 1.29 is 4.79 Å². The molecule has 28 heavy (non-hydrogen) atoms. The average molecular weight is 382 g/mol. The number of hydrogen-bond acceptors (Lipinski definition) is 4. The summed E-state index contributed by atoms with van der Waals surface area (Å²) in [6.45, 7) is 8.96. The molecule has 6 heteroatoms. The normalized spacial score (nSPS) is 23.5. The summed E-state index contributed by atoms with van der Waals surface area (Å²) in [7, 11) is 2.02. The number of rotatable bonds is 4. The van der Waals surface area contributed by atoms with Crippen LogP contribution in [-0.4, -0.2) is 50.1 Å². The number of piperidine rings is 2. The summed E-state index contributed by atoms with van der Waals surface area (Å²) in [6, 6.07) is 4.00. The highest BCUT2D eigenvalue weighted by Gasteiger charge is 2.41. The minimum Gasteiger partial charge on any atom is -0.338 e. The fraction of sp³-hybridized carbons (Fsp3) is 0.591. The number of carbonyl (C=O) groups is 1. The molecule has 2 saturated heterocycles. The first-order valence-corrected chi connectivity index (χ1v) is 10.3. The molecule has 1 amide bonds. The number of aryl methyl sites for hydroxylation is 2. The van der Waals surface area contributed by atoms with Gasteiger partial charge in [0, 0.05) is 68.7 Å². The van der Waals surface area contributed by atoms with Crippen molar-refractivity contribution >= 4 is 5.91 Å². The first-order valence-electron chi connectivity index (χ1n) is 10.3. The van der Waals surface area contributed by atoms with E-state index in [9.17, 15) is 4.79 Å². The van der Waals surface area contributed by atoms with Gasteiger partial charge in [-0.05, 0) is 51.3 Å². The molecule has 4 heterocycles. The molecule has 2 aliphatic heterocycles. The average Bonchev–Trinajstić information content (AvgIpc) is 2.92. The molecule has 6 nitrogen and oxygen atoms in total. The highest BCUT2D eigenvalue weighted by molar-refractivity contribution is 5.77. The van der Waals surface area contributed by atoms with Crippen molar-refractivity contribution in [2.75, 3.05) is 19.6 Å². The highest BCUT2D eigenvalue weighted by atomic mass is 16.2. The van der Waals surface area contributed by atoms with Crippen molar-refractivity contribution in [3.8, 4) is 0 Å². The topological polar surface area (TPSA) is 54.3 Å². The molecule has 0 N–H and O–H groups in total. The fourth-order valence-electron chi connectivity index (χ4n) is 5.01. The van der Waals surface area contributed by atoms with Crippen LogP contribution in [0.1, 0.15) is 48.2 Å². The van der Waals surface area contributed by atoms with E-state index in [1.165, 1.54) is 24.1 Å². The number of pyridine rings is 1. The van der Waals surface area contributed by atoms with Crippen LogP contribution in [0.3, 0.4) is 0 Å². The van der Waals surface area contributed by atoms with Crippen LogP contribution in [0.5, 0.6) is 0 Å². The number of aromatic nitrogens is 3. The van der Waals surface area contributed by atoms with Gasteiger partial charge in [-0.25, -0.2) is 0 Å². The highest BCUT2D eigenvalue weighted by Crippen LogP contribution is 2.39. The number of hydrogen-bond donors (Lipinski definition) is 0. The Kier molecular flexibility index (Phi) is 5.23. The molecule has 0 radical (unpaired) electrons. The molecule has 2 aromatic heterocycles. The maximum absolute atomic E-state index is 12.6. The predicted molar refractivity (Wildman–Crippen MR) is 109 cm³/mol. The number of carbonyl (C=O) groups excluding carboxylic acids is 1. The van der Waals surface area contributed by atoms with Crippen LogP contribution in [0.4, 0.5) is 0 Å². The Morgan fingerprint density at radius 2 is 2.04 bits per heavy atom. The molecule has 0 aromatic carbocycles. The van der Waals surface area contributed by atoms with Gasteiger partial charge in [0.2, 0.25) is 5.91 Å². The summed E-state index contributed by atoms with van der Waals surface area (Å²) in [5, 5.41) is 4.58. The molecule has 1 atom stereocenters. The van der Waals surface area contributed by atoms with Crippen molar-refractivity contribution in [3.63, 3.8) is 0 Å². The monoisotopic (exact) mass is 381 g/mol. The second-order valence-corrected chi connectivity index (χ2v) is 8.70. The Labute approximate surface area is 167 Å². The van der Waals surface area contributed by atoms with E-state index in [1.807, 2.05) is 24.0 Å². The lowest BCUT2D eigenvalue weighted by Gasteiger charge is -2.48. The van der Waals surface area contributed by atoms with E-state index in [0.29, 0.717) is 13.0 Å². The fourth-order valence-corrected chi connectivity index (χ4v) is 5.01. The van der Waals surface area contributed by atoms with Crippen LogP contribution in [0.25, 0.3) is 0 Å². The Bertz CT molecular complexity index is 846. The second kappa shape index (κ2) is 7.66. The van der Waals surface area contributed by atoms with Gasteiger partial charge in [-0.15, -0.1) is 0 Å². The predicted octanol–water partition coefficient (Wildman–Crippen LogP) is 2.84. The van der Waals surface area contributed by atoms with Crippen molar-refractivity contribution in [3.05, 3.63) is 47.0 Å². The summed E-state index contributed by atoms with van der Waals surface area (Å²) in [4.78, 5) is 21.4. The SMILES string of the molecule is Cc1nn(C)c(C)c1CN1CCCC2(CCC(=O)N(Cc3cccnc3)C2)C1. The van der Waals surface area contributed by atoms with Crippen LogP contribution < -0.4 is 0 Å². The van der Waals surface area contributed by atoms with Crippen LogP contribution in [-0.2, 0) is 24.9 Å². The number of nitrogens with zero attached hydrogens (tertiary/aromatic N) is 5. The first-order chi connectivity index (χ1) is 13.5. The van der Waals surface area contributed by atoms with E-state index in [1.54, 1.807) is 6.20 Å². The summed E-state index contributed by atoms with van der Waals surface area (Å²) in [6.07, 6.45) is 7.74. The third kappa shape index (κ3) is 3.83. The quantitative estimate of drug-likeness (QED) is 0.817. The van der Waals surface area contributed by atoms with E-state index in [0.717, 1.165) is 43.9 Å². The molecule has 2 fully saturated rings. The van der Waals surface area contributed by atoms with E-state index >= 15 is 0 Å². The zero-order valence-corrected chi connectivity index (χ0v) is 17.3. The van der Waals surface area contributed by atoms with Crippen molar-refractivity contribution in [1.82, 2.24) is 24.6 Å². The second-order valence-electron chi connectivity index (χ2n) is 8.70. The van der Waals surface area contributed by atoms with Gasteiger partial charge in [0.05, 0.1) is 5.69 Å². The first kappa shape index (κ1) is 19.1. The third-order valence-corrected chi connectivity index (χ3v) is 6.63. The zero-order chi connectivity index (χ0) is 19.7. The smallest absolute Gasteiger partial charge is 0.222 e. The third-order valence-electron chi connectivity index (χ3n) is 6.63. The number of likely N-dealkylation sites (tertiary alicyclic amines) is 2. The Hall–Kier alpha value is -2.21. The van der Waals surface area contributed by atoms with Gasteiger partial charge >= 0.3 is 0 Å². The van der Waals surface area contributed by atoms with Gasteiger partial charge in [-0.2, -0.15) is 5.10 Å². The standard InChI is InChI=1S/C22H31N5O/c1-17-20(18(2)25(3)24-17)14-26-11-5-8-22(15-26)9-7-21(28)27(16-22)13-19-6-4-10-23-12-19/h4,6,10,12H,5,7-9,11,13-16H2,1-3H3. The van der Waals surface area contributed by atoms with Gasteiger partial charge in [-0.3, -0.25) is 19.4 Å². The van der Waals surface area contributed by atoms with Crippen molar-refractivity contribution in [2.24, 2.45) is 12.5 Å². The molecule has 0 bridgehead atoms. The van der Waals surface area contributed by atoms with E-state index in [2.05, 4.69) is 39.8 Å². The van der Waals surface area contributed by atoms with Crippen molar-refractivity contribution in [2.45, 2.75) is 52.6 Å². The lowest BCUT2D eigenvalue weighted by Crippen LogP contribution is -2.53. The molecule has 2 aliphatic rings. The van der Waals surface area contributed by atoms with Gasteiger partial charge in [0.25, 0.3) is 0 Å². The van der Waals surface area contributed by atoms with Gasteiger partial charge in [-0.1, -0.05) is 6.07 Å². The minimum atomic E-state index is 0.221. The molecule has 1 spiro atoms. The summed E-state index contributed by atoms with van der Waals surface area (Å²) >= 11 is 0. The molecule has 0 saturated carbocycles. The van der Waals surface area contributed by atoms with Crippen LogP contribution in [0.2, 0.25) is 0 Å². The maximum atomic E-state index is 12.6. The zero-order valence-electron chi connectivity index (χ0n) is 17.3. The summed E-state index contributed by atoms with van der Waals surface area (Å²) < 4.78 is 1.99. The Morgan fingerprint density at radius 1 is 1.18 bits per heavy atom. The van der Waals surface area contributed by atoms with Gasteiger partial charge < -0.3 is 4.90 Å². The maximum Gasteiger partial charge on any atom is 0.222 e. The van der Waals surface area contributed by atoms with E-state index in [4.69, 9.17) is 0 Å². The van der Waals surface area contributed by atoms with Crippen LogP contribution in [0.15, 0.2) is 24.5 Å². The molecule has 2 aromatic rings. The molecular formula is C22H31N5O. The molecule has 1 unspecified atom stereocenters. The largest absolute Gasteiger partial charge is 0.338 e. The van der Waals surface area contributed by atoms with Crippen molar-refractivity contribution in [1.29, 1.82) is 0 Å². The lowest BCUT2D eigenvalue weighted by molar-refractivity contribution is -0.140. The molecular weight excluding hydrogens is 350 g/mol. The van der Waals surface area contributed by atoms with Crippen LogP contribution in [0, 0.1) is 19.3 Å². The summed E-state index contributed by atoms with van der Waals surface area (Å²) in [5.74, 6) is 0.283. The summed E-state index contributed by atoms with van der Waals surface area (Å²) in [5.41, 5.74) is 5.09. The van der Waals surface area contributed by atoms with Gasteiger partial charge in [0.1, 0.15) is 0 Å². The Morgan fingerprint density at radius 3 is 2.75 bits per heavy atom. The van der Waals surface area contributed by atoms with Crippen LogP contribution >= 0.6 is 0 Å². The number of amides is 1. The van der Waals surface area contributed by atoms with E-state index < -0.39 is 0 Å². The Balaban J connectivity index is 1.47.